The standard InChI is InChI=1S/C16H32N2O4/c1-15(2,3)21-13(19)17-11-9-7-8-10-12-18-14(20)22-16(4,5)6/h7-12H2,1-6H3,(H,17,19)(H,18,20). The van der Waals surface area contributed by atoms with Gasteiger partial charge in [-0.2, -0.15) is 0 Å². The van der Waals surface area contributed by atoms with E-state index in [4.69, 9.17) is 9.47 Å². The molecule has 6 heteroatoms. The number of amides is 2. The van der Waals surface area contributed by atoms with Crippen LogP contribution in [0, 0.1) is 0 Å². The van der Waals surface area contributed by atoms with Crippen LogP contribution >= 0.6 is 0 Å². The first kappa shape index (κ1) is 20.5. The molecule has 6 nitrogen and oxygen atoms in total. The maximum atomic E-state index is 11.4. The molecule has 0 aliphatic heterocycles. The first-order valence-electron chi connectivity index (χ1n) is 7.93. The SMILES string of the molecule is CC(C)(C)OC(=O)NCCCCCCNC(=O)OC(C)(C)C. The Labute approximate surface area is 134 Å². The van der Waals surface area contributed by atoms with Gasteiger partial charge in [0.1, 0.15) is 11.2 Å². The number of carbonyl (C=O) groups is 2. The molecule has 0 rings (SSSR count). The lowest BCUT2D eigenvalue weighted by molar-refractivity contribution is 0.0513. The van der Waals surface area contributed by atoms with Gasteiger partial charge in [0.2, 0.25) is 0 Å². The van der Waals surface area contributed by atoms with Gasteiger partial charge in [0.15, 0.2) is 0 Å². The maximum Gasteiger partial charge on any atom is 0.407 e. The minimum atomic E-state index is -0.461. The summed E-state index contributed by atoms with van der Waals surface area (Å²) >= 11 is 0. The van der Waals surface area contributed by atoms with Crippen molar-refractivity contribution in [3.05, 3.63) is 0 Å². The van der Waals surface area contributed by atoms with Crippen LogP contribution in [0.25, 0.3) is 0 Å². The zero-order valence-electron chi connectivity index (χ0n) is 14.9. The van der Waals surface area contributed by atoms with E-state index in [0.29, 0.717) is 13.1 Å². The third-order valence-electron chi connectivity index (χ3n) is 2.44. The Hall–Kier alpha value is -1.46. The zero-order chi connectivity index (χ0) is 17.2. The van der Waals surface area contributed by atoms with Gasteiger partial charge in [0, 0.05) is 13.1 Å². The van der Waals surface area contributed by atoms with Gasteiger partial charge in [0.25, 0.3) is 0 Å². The van der Waals surface area contributed by atoms with Crippen LogP contribution in [0.3, 0.4) is 0 Å². The van der Waals surface area contributed by atoms with Gasteiger partial charge in [0.05, 0.1) is 0 Å². The van der Waals surface area contributed by atoms with Crippen LogP contribution in [0.4, 0.5) is 9.59 Å². The Kier molecular flexibility index (Phi) is 8.90. The lowest BCUT2D eigenvalue weighted by atomic mass is 10.2. The maximum absolute atomic E-state index is 11.4. The number of alkyl carbamates (subject to hydrolysis) is 2. The fourth-order valence-electron chi connectivity index (χ4n) is 1.61. The Morgan fingerprint density at radius 2 is 1.00 bits per heavy atom. The molecule has 0 aromatic heterocycles. The second kappa shape index (κ2) is 9.54. The van der Waals surface area contributed by atoms with E-state index in [2.05, 4.69) is 10.6 Å². The Morgan fingerprint density at radius 3 is 1.27 bits per heavy atom. The first-order chi connectivity index (χ1) is 9.99. The smallest absolute Gasteiger partial charge is 0.407 e. The van der Waals surface area contributed by atoms with Crippen LogP contribution in [0.15, 0.2) is 0 Å². The predicted molar refractivity (Wildman–Crippen MR) is 86.9 cm³/mol. The molecule has 0 fully saturated rings. The molecule has 0 spiro atoms. The summed E-state index contributed by atoms with van der Waals surface area (Å²) in [5.41, 5.74) is -0.922. The van der Waals surface area contributed by atoms with Crippen LogP contribution in [0.5, 0.6) is 0 Å². The normalized spacial score (nSPS) is 11.7. The largest absolute Gasteiger partial charge is 0.444 e. The fraction of sp³-hybridized carbons (Fsp3) is 0.875. The highest BCUT2D eigenvalue weighted by atomic mass is 16.6. The van der Waals surface area contributed by atoms with E-state index in [1.807, 2.05) is 41.5 Å². The van der Waals surface area contributed by atoms with Gasteiger partial charge in [-0.25, -0.2) is 9.59 Å². The summed E-state index contributed by atoms with van der Waals surface area (Å²) in [5.74, 6) is 0. The van der Waals surface area contributed by atoms with Crippen molar-refractivity contribution in [2.24, 2.45) is 0 Å². The van der Waals surface area contributed by atoms with E-state index in [0.717, 1.165) is 25.7 Å². The first-order valence-corrected chi connectivity index (χ1v) is 7.93. The second-order valence-corrected chi connectivity index (χ2v) is 7.27. The van der Waals surface area contributed by atoms with Crippen LogP contribution in [0.1, 0.15) is 67.2 Å². The van der Waals surface area contributed by atoms with Crippen molar-refractivity contribution in [3.63, 3.8) is 0 Å². The zero-order valence-corrected chi connectivity index (χ0v) is 14.9. The van der Waals surface area contributed by atoms with Crippen molar-refractivity contribution < 1.29 is 19.1 Å². The molecule has 0 atom stereocenters. The van der Waals surface area contributed by atoms with Gasteiger partial charge < -0.3 is 20.1 Å². The summed E-state index contributed by atoms with van der Waals surface area (Å²) in [6.45, 7) is 12.2. The molecule has 0 aliphatic rings. The molecular weight excluding hydrogens is 284 g/mol. The number of hydrogen-bond acceptors (Lipinski definition) is 4. The van der Waals surface area contributed by atoms with E-state index in [1.54, 1.807) is 0 Å². The summed E-state index contributed by atoms with van der Waals surface area (Å²) in [6.07, 6.45) is 3.02. The Morgan fingerprint density at radius 1 is 0.682 bits per heavy atom. The van der Waals surface area contributed by atoms with Crippen LogP contribution in [0.2, 0.25) is 0 Å². The van der Waals surface area contributed by atoms with E-state index < -0.39 is 11.2 Å². The predicted octanol–water partition coefficient (Wildman–Crippen LogP) is 3.60. The van der Waals surface area contributed by atoms with Crippen molar-refractivity contribution >= 4 is 12.2 Å². The number of rotatable bonds is 7. The molecule has 0 heterocycles. The molecule has 0 bridgehead atoms. The molecule has 0 saturated carbocycles. The van der Waals surface area contributed by atoms with Gasteiger partial charge in [-0.3, -0.25) is 0 Å². The second-order valence-electron chi connectivity index (χ2n) is 7.27. The van der Waals surface area contributed by atoms with Crippen molar-refractivity contribution in [2.75, 3.05) is 13.1 Å². The summed E-state index contributed by atoms with van der Waals surface area (Å²) in [4.78, 5) is 22.8. The molecule has 130 valence electrons. The number of hydrogen-bond donors (Lipinski definition) is 2. The van der Waals surface area contributed by atoms with Gasteiger partial charge >= 0.3 is 12.2 Å². The molecule has 2 N–H and O–H groups in total. The molecule has 0 radical (unpaired) electrons. The van der Waals surface area contributed by atoms with Gasteiger partial charge in [-0.1, -0.05) is 12.8 Å². The Bertz CT molecular complexity index is 309. The van der Waals surface area contributed by atoms with E-state index >= 15 is 0 Å². The molecular formula is C16H32N2O4. The van der Waals surface area contributed by atoms with Gasteiger partial charge in [-0.15, -0.1) is 0 Å². The summed E-state index contributed by atoms with van der Waals surface area (Å²) in [6, 6.07) is 0. The summed E-state index contributed by atoms with van der Waals surface area (Å²) in [5, 5.41) is 5.45. The number of unbranched alkanes of at least 4 members (excludes halogenated alkanes) is 3. The third kappa shape index (κ3) is 14.9. The van der Waals surface area contributed by atoms with Crippen LogP contribution in [-0.4, -0.2) is 36.5 Å². The van der Waals surface area contributed by atoms with Crippen molar-refractivity contribution in [2.45, 2.75) is 78.4 Å². The molecule has 0 aliphatic carbocycles. The monoisotopic (exact) mass is 316 g/mol. The van der Waals surface area contributed by atoms with E-state index in [-0.39, 0.29) is 12.2 Å². The highest BCUT2D eigenvalue weighted by Gasteiger charge is 2.16. The molecule has 0 unspecified atom stereocenters. The number of nitrogens with one attached hydrogen (secondary N) is 2. The van der Waals surface area contributed by atoms with E-state index in [9.17, 15) is 9.59 Å². The van der Waals surface area contributed by atoms with Crippen molar-refractivity contribution in [1.29, 1.82) is 0 Å². The molecule has 0 aromatic rings. The minimum Gasteiger partial charge on any atom is -0.444 e. The average Bonchev–Trinajstić information content (AvgIpc) is 2.27. The molecule has 22 heavy (non-hydrogen) atoms. The third-order valence-corrected chi connectivity index (χ3v) is 2.44. The number of ether oxygens (including phenoxy) is 2. The highest BCUT2D eigenvalue weighted by molar-refractivity contribution is 5.67. The number of carbonyl (C=O) groups excluding carboxylic acids is 2. The quantitative estimate of drug-likeness (QED) is 0.704. The van der Waals surface area contributed by atoms with E-state index in [1.165, 1.54) is 0 Å². The van der Waals surface area contributed by atoms with Crippen LogP contribution < -0.4 is 10.6 Å². The van der Waals surface area contributed by atoms with Crippen LogP contribution in [-0.2, 0) is 9.47 Å². The Balaban J connectivity index is 3.45. The molecule has 0 aromatic carbocycles. The van der Waals surface area contributed by atoms with Gasteiger partial charge in [-0.05, 0) is 54.4 Å². The highest BCUT2D eigenvalue weighted by Crippen LogP contribution is 2.07. The fourth-order valence-corrected chi connectivity index (χ4v) is 1.61. The topological polar surface area (TPSA) is 76.7 Å². The summed E-state index contributed by atoms with van der Waals surface area (Å²) < 4.78 is 10.3. The average molecular weight is 316 g/mol. The van der Waals surface area contributed by atoms with Crippen molar-refractivity contribution in [3.8, 4) is 0 Å². The lowest BCUT2D eigenvalue weighted by Gasteiger charge is -2.20. The summed E-state index contributed by atoms with van der Waals surface area (Å²) in [7, 11) is 0. The minimum absolute atomic E-state index is 0.376. The lowest BCUT2D eigenvalue weighted by Crippen LogP contribution is -2.33. The van der Waals surface area contributed by atoms with Crippen molar-refractivity contribution in [1.82, 2.24) is 10.6 Å². The molecule has 2 amide bonds. The molecule has 0 saturated heterocycles.